The summed E-state index contributed by atoms with van der Waals surface area (Å²) in [6.45, 7) is 2.51. The van der Waals surface area contributed by atoms with Crippen molar-refractivity contribution in [3.05, 3.63) is 52.0 Å². The standard InChI is InChI=1S/C15H14BrF2NO2/c1-2-21-15-5-9(3-4-14(15)20)8-19-13-7-11(17)10(16)6-12(13)18/h3-7,19-20H,2,8H2,1H3. The average molecular weight is 358 g/mol. The Morgan fingerprint density at radius 3 is 2.67 bits per heavy atom. The van der Waals surface area contributed by atoms with E-state index in [2.05, 4.69) is 21.2 Å². The molecule has 2 aromatic carbocycles. The Kier molecular flexibility index (Phi) is 5.01. The molecule has 0 aromatic heterocycles. The lowest BCUT2D eigenvalue weighted by atomic mass is 10.2. The van der Waals surface area contributed by atoms with Gasteiger partial charge in [-0.05, 0) is 46.6 Å². The van der Waals surface area contributed by atoms with Gasteiger partial charge in [0.05, 0.1) is 16.8 Å². The zero-order chi connectivity index (χ0) is 15.4. The second-order valence-corrected chi connectivity index (χ2v) is 5.19. The molecule has 2 rings (SSSR count). The number of phenolic OH excluding ortho intramolecular Hbond substituents is 1. The van der Waals surface area contributed by atoms with Gasteiger partial charge in [-0.15, -0.1) is 0 Å². The van der Waals surface area contributed by atoms with Gasteiger partial charge in [0.25, 0.3) is 0 Å². The van der Waals surface area contributed by atoms with Crippen LogP contribution in [0.25, 0.3) is 0 Å². The number of aromatic hydroxyl groups is 1. The van der Waals surface area contributed by atoms with Crippen molar-refractivity contribution in [1.29, 1.82) is 0 Å². The van der Waals surface area contributed by atoms with Gasteiger partial charge in [0.1, 0.15) is 11.6 Å². The third-order valence-corrected chi connectivity index (χ3v) is 3.42. The largest absolute Gasteiger partial charge is 0.504 e. The van der Waals surface area contributed by atoms with Crippen molar-refractivity contribution in [2.45, 2.75) is 13.5 Å². The second-order valence-electron chi connectivity index (χ2n) is 4.33. The van der Waals surface area contributed by atoms with Crippen LogP contribution in [0.1, 0.15) is 12.5 Å². The van der Waals surface area contributed by atoms with Crippen molar-refractivity contribution in [2.24, 2.45) is 0 Å². The number of anilines is 1. The lowest BCUT2D eigenvalue weighted by Gasteiger charge is -2.11. The van der Waals surface area contributed by atoms with E-state index in [-0.39, 0.29) is 22.5 Å². The molecule has 0 aliphatic heterocycles. The third-order valence-electron chi connectivity index (χ3n) is 2.82. The number of rotatable bonds is 5. The van der Waals surface area contributed by atoms with Gasteiger partial charge in [-0.1, -0.05) is 6.07 Å². The van der Waals surface area contributed by atoms with Crippen LogP contribution in [0.3, 0.4) is 0 Å². The third kappa shape index (κ3) is 3.85. The van der Waals surface area contributed by atoms with Gasteiger partial charge >= 0.3 is 0 Å². The highest BCUT2D eigenvalue weighted by Gasteiger charge is 2.09. The summed E-state index contributed by atoms with van der Waals surface area (Å²) >= 11 is 2.92. The molecule has 2 aromatic rings. The molecule has 2 N–H and O–H groups in total. The summed E-state index contributed by atoms with van der Waals surface area (Å²) in [5.41, 5.74) is 0.848. The SMILES string of the molecule is CCOc1cc(CNc2cc(F)c(Br)cc2F)ccc1O. The van der Waals surface area contributed by atoms with Crippen molar-refractivity contribution in [3.8, 4) is 11.5 Å². The molecule has 0 saturated heterocycles. The molecular weight excluding hydrogens is 344 g/mol. The molecule has 112 valence electrons. The Balaban J connectivity index is 2.13. The zero-order valence-electron chi connectivity index (χ0n) is 11.3. The molecule has 0 aliphatic rings. The number of ether oxygens (including phenoxy) is 1. The minimum absolute atomic E-state index is 0.0430. The molecule has 0 atom stereocenters. The lowest BCUT2D eigenvalue weighted by molar-refractivity contribution is 0.318. The highest BCUT2D eigenvalue weighted by Crippen LogP contribution is 2.28. The summed E-state index contributed by atoms with van der Waals surface area (Å²) in [7, 11) is 0. The topological polar surface area (TPSA) is 41.5 Å². The number of hydrogen-bond donors (Lipinski definition) is 2. The molecule has 0 fully saturated rings. The zero-order valence-corrected chi connectivity index (χ0v) is 12.9. The maximum Gasteiger partial charge on any atom is 0.161 e. The highest BCUT2D eigenvalue weighted by atomic mass is 79.9. The van der Waals surface area contributed by atoms with E-state index in [0.29, 0.717) is 12.4 Å². The van der Waals surface area contributed by atoms with Gasteiger partial charge in [0.2, 0.25) is 0 Å². The van der Waals surface area contributed by atoms with E-state index in [1.165, 1.54) is 6.07 Å². The fraction of sp³-hybridized carbons (Fsp3) is 0.200. The molecule has 0 radical (unpaired) electrons. The summed E-state index contributed by atoms with van der Waals surface area (Å²) in [5.74, 6) is -0.688. The van der Waals surface area contributed by atoms with E-state index in [4.69, 9.17) is 4.74 Å². The molecule has 6 heteroatoms. The molecule has 0 amide bonds. The average Bonchev–Trinajstić information content (AvgIpc) is 2.45. The molecule has 21 heavy (non-hydrogen) atoms. The Morgan fingerprint density at radius 2 is 1.95 bits per heavy atom. The van der Waals surface area contributed by atoms with Crippen LogP contribution in [0.15, 0.2) is 34.8 Å². The molecule has 0 heterocycles. The Hall–Kier alpha value is -1.82. The van der Waals surface area contributed by atoms with E-state index in [9.17, 15) is 13.9 Å². The monoisotopic (exact) mass is 357 g/mol. The van der Waals surface area contributed by atoms with E-state index < -0.39 is 11.6 Å². The van der Waals surface area contributed by atoms with Crippen LogP contribution >= 0.6 is 15.9 Å². The van der Waals surface area contributed by atoms with Crippen molar-refractivity contribution >= 4 is 21.6 Å². The van der Waals surface area contributed by atoms with Gasteiger partial charge in [0.15, 0.2) is 11.5 Å². The van der Waals surface area contributed by atoms with Crippen LogP contribution in [0.5, 0.6) is 11.5 Å². The molecule has 0 spiro atoms. The van der Waals surface area contributed by atoms with Gasteiger partial charge < -0.3 is 15.2 Å². The van der Waals surface area contributed by atoms with E-state index in [0.717, 1.165) is 17.7 Å². The number of phenols is 1. The van der Waals surface area contributed by atoms with Crippen LogP contribution in [0.4, 0.5) is 14.5 Å². The first-order chi connectivity index (χ1) is 10.0. The van der Waals surface area contributed by atoms with Gasteiger partial charge in [0, 0.05) is 12.6 Å². The fourth-order valence-electron chi connectivity index (χ4n) is 1.79. The maximum absolute atomic E-state index is 13.7. The predicted molar refractivity (Wildman–Crippen MR) is 80.7 cm³/mol. The minimum Gasteiger partial charge on any atom is -0.504 e. The molecule has 0 unspecified atom stereocenters. The van der Waals surface area contributed by atoms with Gasteiger partial charge in [-0.25, -0.2) is 8.78 Å². The van der Waals surface area contributed by atoms with Crippen molar-refractivity contribution in [1.82, 2.24) is 0 Å². The first kappa shape index (κ1) is 15.6. The number of hydrogen-bond acceptors (Lipinski definition) is 3. The summed E-state index contributed by atoms with van der Waals surface area (Å²) in [6.07, 6.45) is 0. The predicted octanol–water partition coefficient (Wildman–Crippen LogP) is 4.44. The first-order valence-electron chi connectivity index (χ1n) is 6.34. The van der Waals surface area contributed by atoms with Gasteiger partial charge in [-0.3, -0.25) is 0 Å². The Morgan fingerprint density at radius 1 is 1.19 bits per heavy atom. The van der Waals surface area contributed by atoms with E-state index in [1.54, 1.807) is 12.1 Å². The minimum atomic E-state index is -0.549. The first-order valence-corrected chi connectivity index (χ1v) is 7.13. The number of halogens is 3. The quantitative estimate of drug-likeness (QED) is 0.777. The summed E-state index contributed by atoms with van der Waals surface area (Å²) in [4.78, 5) is 0. The second kappa shape index (κ2) is 6.76. The molecular formula is C15H14BrF2NO2. The molecule has 0 bridgehead atoms. The van der Waals surface area contributed by atoms with Crippen LogP contribution < -0.4 is 10.1 Å². The Labute approximate surface area is 129 Å². The number of benzene rings is 2. The number of nitrogens with one attached hydrogen (secondary N) is 1. The normalized spacial score (nSPS) is 10.5. The molecule has 3 nitrogen and oxygen atoms in total. The molecule has 0 aliphatic carbocycles. The lowest BCUT2D eigenvalue weighted by Crippen LogP contribution is -2.03. The van der Waals surface area contributed by atoms with Crippen molar-refractivity contribution in [2.75, 3.05) is 11.9 Å². The van der Waals surface area contributed by atoms with Crippen LogP contribution in [0, 0.1) is 11.6 Å². The van der Waals surface area contributed by atoms with Crippen molar-refractivity contribution in [3.63, 3.8) is 0 Å². The van der Waals surface area contributed by atoms with Crippen LogP contribution in [0.2, 0.25) is 0 Å². The summed E-state index contributed by atoms with van der Waals surface area (Å²) < 4.78 is 32.4. The highest BCUT2D eigenvalue weighted by molar-refractivity contribution is 9.10. The fourth-order valence-corrected chi connectivity index (χ4v) is 2.11. The molecule has 0 saturated carbocycles. The van der Waals surface area contributed by atoms with E-state index in [1.807, 2.05) is 6.92 Å². The summed E-state index contributed by atoms with van der Waals surface area (Å²) in [6, 6.07) is 6.99. The van der Waals surface area contributed by atoms with Crippen LogP contribution in [-0.4, -0.2) is 11.7 Å². The maximum atomic E-state index is 13.7. The summed E-state index contributed by atoms with van der Waals surface area (Å²) in [5, 5.41) is 12.4. The smallest absolute Gasteiger partial charge is 0.161 e. The van der Waals surface area contributed by atoms with Crippen molar-refractivity contribution < 1.29 is 18.6 Å². The van der Waals surface area contributed by atoms with Gasteiger partial charge in [-0.2, -0.15) is 0 Å². The van der Waals surface area contributed by atoms with E-state index >= 15 is 0 Å². The van der Waals surface area contributed by atoms with Crippen LogP contribution in [-0.2, 0) is 6.54 Å². The Bertz CT molecular complexity index is 650.